The molecule has 0 atom stereocenters. The van der Waals surface area contributed by atoms with Gasteiger partial charge in [0.05, 0.1) is 36.2 Å². The molecule has 35 heavy (non-hydrogen) atoms. The first-order valence-electron chi connectivity index (χ1n) is 12.0. The molecule has 0 unspecified atom stereocenters. The molecule has 2 N–H and O–H groups in total. The highest BCUT2D eigenvalue weighted by Crippen LogP contribution is 2.35. The molecule has 1 aliphatic heterocycles. The van der Waals surface area contributed by atoms with E-state index in [0.29, 0.717) is 61.8 Å². The largest absolute Gasteiger partial charge is 0.490 e. The molecule has 0 radical (unpaired) electrons. The van der Waals surface area contributed by atoms with Gasteiger partial charge in [-0.2, -0.15) is 0 Å². The Morgan fingerprint density at radius 3 is 2.71 bits per heavy atom. The monoisotopic (exact) mass is 476 g/mol. The van der Waals surface area contributed by atoms with Crippen LogP contribution in [-0.2, 0) is 4.79 Å². The van der Waals surface area contributed by atoms with Gasteiger partial charge in [0.25, 0.3) is 0 Å². The summed E-state index contributed by atoms with van der Waals surface area (Å²) in [6.07, 6.45) is 13.5. The summed E-state index contributed by atoms with van der Waals surface area (Å²) in [6.45, 7) is 0.882. The van der Waals surface area contributed by atoms with E-state index in [2.05, 4.69) is 21.4 Å². The molecule has 9 nitrogen and oxygen atoms in total. The first-order valence-corrected chi connectivity index (χ1v) is 12.0. The molecule has 2 aliphatic carbocycles. The fourth-order valence-corrected chi connectivity index (χ4v) is 4.63. The van der Waals surface area contributed by atoms with Crippen molar-refractivity contribution in [1.29, 1.82) is 0 Å². The predicted molar refractivity (Wildman–Crippen MR) is 129 cm³/mol. The Balaban J connectivity index is 1.24. The second-order valence-electron chi connectivity index (χ2n) is 8.94. The zero-order valence-corrected chi connectivity index (χ0v) is 19.4. The van der Waals surface area contributed by atoms with E-state index in [9.17, 15) is 9.59 Å². The second kappa shape index (κ2) is 10.2. The number of urea groups is 1. The zero-order chi connectivity index (χ0) is 24.2. The summed E-state index contributed by atoms with van der Waals surface area (Å²) in [7, 11) is 0. The van der Waals surface area contributed by atoms with Crippen LogP contribution in [0, 0.1) is 5.92 Å². The molecule has 0 spiro atoms. The Morgan fingerprint density at radius 1 is 1.14 bits per heavy atom. The standard InChI is InChI=1S/C26H28N4O5/c31-25(32)17-6-9-20(10-7-17)35-24-16-27-21(15-28-24)18-8-11-22-23(14-18)34-13-12-30(22)26(33)29-19-4-2-1-3-5-19/h1-2,4,8,11,14-17,20H,3,5-7,9-10,12-13H2,(H,29,33)(H,31,32). The highest BCUT2D eigenvalue weighted by Gasteiger charge is 2.27. The second-order valence-corrected chi connectivity index (χ2v) is 8.94. The summed E-state index contributed by atoms with van der Waals surface area (Å²) in [6, 6.07) is 5.47. The summed E-state index contributed by atoms with van der Waals surface area (Å²) >= 11 is 0. The number of nitrogens with one attached hydrogen (secondary N) is 1. The van der Waals surface area contributed by atoms with Crippen molar-refractivity contribution in [3.63, 3.8) is 0 Å². The quantitative estimate of drug-likeness (QED) is 0.661. The number of hydrogen-bond acceptors (Lipinski definition) is 6. The van der Waals surface area contributed by atoms with Crippen molar-refractivity contribution >= 4 is 17.7 Å². The summed E-state index contributed by atoms with van der Waals surface area (Å²) in [5, 5.41) is 12.1. The highest BCUT2D eigenvalue weighted by atomic mass is 16.5. The van der Waals surface area contributed by atoms with E-state index in [4.69, 9.17) is 14.6 Å². The number of aliphatic carboxylic acids is 1. The number of rotatable bonds is 5. The molecule has 0 saturated heterocycles. The number of carbonyl (C=O) groups is 2. The number of carbonyl (C=O) groups excluding carboxylic acids is 1. The van der Waals surface area contributed by atoms with Crippen LogP contribution in [0.15, 0.2) is 54.5 Å². The van der Waals surface area contributed by atoms with Gasteiger partial charge in [0, 0.05) is 11.3 Å². The van der Waals surface area contributed by atoms with E-state index >= 15 is 0 Å². The first kappa shape index (κ1) is 22.9. The van der Waals surface area contributed by atoms with Crippen LogP contribution in [0.1, 0.15) is 38.5 Å². The number of nitrogens with zero attached hydrogens (tertiary/aromatic N) is 3. The maximum Gasteiger partial charge on any atom is 0.326 e. The Bertz CT molecular complexity index is 1150. The summed E-state index contributed by atoms with van der Waals surface area (Å²) in [5.41, 5.74) is 3.12. The van der Waals surface area contributed by atoms with Crippen LogP contribution >= 0.6 is 0 Å². The number of carboxylic acids is 1. The molecule has 9 heteroatoms. The van der Waals surface area contributed by atoms with Gasteiger partial charge in [0.1, 0.15) is 18.5 Å². The van der Waals surface area contributed by atoms with Crippen molar-refractivity contribution in [2.75, 3.05) is 18.1 Å². The van der Waals surface area contributed by atoms with Gasteiger partial charge < -0.3 is 19.9 Å². The van der Waals surface area contributed by atoms with E-state index in [-0.39, 0.29) is 18.1 Å². The van der Waals surface area contributed by atoms with Gasteiger partial charge in [-0.3, -0.25) is 9.69 Å². The lowest BCUT2D eigenvalue weighted by Crippen LogP contribution is -2.44. The number of allylic oxidation sites excluding steroid dienone is 4. The lowest BCUT2D eigenvalue weighted by molar-refractivity contribution is -0.143. The highest BCUT2D eigenvalue weighted by molar-refractivity contribution is 5.95. The van der Waals surface area contributed by atoms with Crippen LogP contribution < -0.4 is 19.7 Å². The third-order valence-corrected chi connectivity index (χ3v) is 6.58. The van der Waals surface area contributed by atoms with E-state index in [1.54, 1.807) is 17.3 Å². The number of amides is 2. The molecule has 1 fully saturated rings. The average Bonchev–Trinajstić information content (AvgIpc) is 2.89. The minimum atomic E-state index is -0.732. The maximum absolute atomic E-state index is 12.9. The number of carboxylic acid groups (broad SMARTS) is 1. The molecule has 1 aromatic carbocycles. The van der Waals surface area contributed by atoms with E-state index in [1.807, 2.05) is 30.4 Å². The Morgan fingerprint density at radius 2 is 2.00 bits per heavy atom. The normalized spacial score (nSPS) is 21.4. The average molecular weight is 477 g/mol. The van der Waals surface area contributed by atoms with E-state index < -0.39 is 5.97 Å². The molecule has 1 aromatic heterocycles. The Hall–Kier alpha value is -3.88. The number of hydrogen-bond donors (Lipinski definition) is 2. The fraction of sp³-hybridized carbons (Fsp3) is 0.385. The van der Waals surface area contributed by atoms with Crippen molar-refractivity contribution in [2.24, 2.45) is 5.92 Å². The molecular formula is C26H28N4O5. The smallest absolute Gasteiger partial charge is 0.326 e. The number of anilines is 1. The zero-order valence-electron chi connectivity index (χ0n) is 19.4. The first-order chi connectivity index (χ1) is 17.1. The molecule has 182 valence electrons. The van der Waals surface area contributed by atoms with Crippen LogP contribution in [0.2, 0.25) is 0 Å². The minimum Gasteiger partial charge on any atom is -0.490 e. The van der Waals surface area contributed by atoms with Crippen molar-refractivity contribution in [3.05, 3.63) is 54.5 Å². The van der Waals surface area contributed by atoms with Crippen LogP contribution in [0.4, 0.5) is 10.5 Å². The molecule has 2 amide bonds. The number of benzene rings is 1. The van der Waals surface area contributed by atoms with Crippen LogP contribution in [0.3, 0.4) is 0 Å². The molecule has 0 bridgehead atoms. The van der Waals surface area contributed by atoms with Crippen LogP contribution in [0.25, 0.3) is 11.3 Å². The van der Waals surface area contributed by atoms with E-state index in [1.165, 1.54) is 0 Å². The summed E-state index contributed by atoms with van der Waals surface area (Å²) in [5.74, 6) is 0.0395. The van der Waals surface area contributed by atoms with Crippen molar-refractivity contribution in [3.8, 4) is 22.9 Å². The van der Waals surface area contributed by atoms with Gasteiger partial charge in [0.2, 0.25) is 5.88 Å². The maximum atomic E-state index is 12.9. The van der Waals surface area contributed by atoms with Crippen LogP contribution in [-0.4, -0.2) is 46.3 Å². The number of fused-ring (bicyclic) bond motifs is 1. The van der Waals surface area contributed by atoms with Gasteiger partial charge in [-0.1, -0.05) is 18.2 Å². The minimum absolute atomic E-state index is 0.0413. The molecule has 2 aromatic rings. The molecule has 3 aliphatic rings. The third-order valence-electron chi connectivity index (χ3n) is 6.58. The number of ether oxygens (including phenoxy) is 2. The third kappa shape index (κ3) is 5.29. The van der Waals surface area contributed by atoms with Crippen LogP contribution in [0.5, 0.6) is 11.6 Å². The Labute approximate surface area is 203 Å². The summed E-state index contributed by atoms with van der Waals surface area (Å²) in [4.78, 5) is 34.6. The lowest BCUT2D eigenvalue weighted by Gasteiger charge is -2.30. The molecule has 1 saturated carbocycles. The van der Waals surface area contributed by atoms with Gasteiger partial charge >= 0.3 is 12.0 Å². The number of aromatic nitrogens is 2. The summed E-state index contributed by atoms with van der Waals surface area (Å²) < 4.78 is 11.8. The lowest BCUT2D eigenvalue weighted by atomic mass is 9.87. The SMILES string of the molecule is O=C(O)C1CCC(Oc2cnc(-c3ccc4c(c3)OCCN4C(=O)NC3=CC=CCC3)cn2)CC1. The van der Waals surface area contributed by atoms with Gasteiger partial charge in [-0.05, 0) is 56.7 Å². The van der Waals surface area contributed by atoms with Crippen molar-refractivity contribution < 1.29 is 24.2 Å². The molecule has 2 heterocycles. The van der Waals surface area contributed by atoms with Gasteiger partial charge in [-0.25, -0.2) is 14.8 Å². The van der Waals surface area contributed by atoms with Crippen molar-refractivity contribution in [2.45, 2.75) is 44.6 Å². The topological polar surface area (TPSA) is 114 Å². The fourth-order valence-electron chi connectivity index (χ4n) is 4.63. The molecular weight excluding hydrogens is 448 g/mol. The Kier molecular flexibility index (Phi) is 6.65. The van der Waals surface area contributed by atoms with Gasteiger partial charge in [-0.15, -0.1) is 0 Å². The predicted octanol–water partition coefficient (Wildman–Crippen LogP) is 4.31. The van der Waals surface area contributed by atoms with Crippen molar-refractivity contribution in [1.82, 2.24) is 15.3 Å². The van der Waals surface area contributed by atoms with Gasteiger partial charge in [0.15, 0.2) is 0 Å². The van der Waals surface area contributed by atoms with E-state index in [0.717, 1.165) is 24.1 Å². The molecule has 5 rings (SSSR count).